The molecule has 0 aliphatic rings. The molecule has 182 valence electrons. The Labute approximate surface area is 198 Å². The molecule has 0 aliphatic carbocycles. The number of ether oxygens (including phenoxy) is 2. The van der Waals surface area contributed by atoms with Crippen molar-refractivity contribution in [1.29, 1.82) is 0 Å². The van der Waals surface area contributed by atoms with Gasteiger partial charge in [-0.2, -0.15) is 17.6 Å². The average Bonchev–Trinajstić information content (AvgIpc) is 2.83. The van der Waals surface area contributed by atoms with E-state index < -0.39 is 23.3 Å². The van der Waals surface area contributed by atoms with Crippen LogP contribution < -0.4 is 9.47 Å². The molecule has 34 heavy (non-hydrogen) atoms. The quantitative estimate of drug-likeness (QED) is 0.245. The second-order valence-corrected chi connectivity index (χ2v) is 8.31. The van der Waals surface area contributed by atoms with Crippen LogP contribution in [0, 0.1) is 0 Å². The average molecular weight is 475 g/mol. The predicted octanol–water partition coefficient (Wildman–Crippen LogP) is 8.63. The lowest BCUT2D eigenvalue weighted by Crippen LogP contribution is -2.24. The summed E-state index contributed by atoms with van der Waals surface area (Å²) in [5.74, 6) is 0.00995. The van der Waals surface area contributed by atoms with Gasteiger partial charge in [0, 0.05) is 0 Å². The Hall–Kier alpha value is -3.02. The van der Waals surface area contributed by atoms with Crippen LogP contribution in [-0.2, 0) is 25.1 Å². The maximum Gasteiger partial charge on any atom is 0.426 e. The first-order valence-corrected chi connectivity index (χ1v) is 11.7. The Morgan fingerprint density at radius 1 is 0.529 bits per heavy atom. The predicted molar refractivity (Wildman–Crippen MR) is 126 cm³/mol. The van der Waals surface area contributed by atoms with Crippen LogP contribution >= 0.6 is 0 Å². The zero-order valence-electron chi connectivity index (χ0n) is 19.5. The molecule has 0 radical (unpaired) electrons. The lowest BCUT2D eigenvalue weighted by molar-refractivity contribution is -0.188. The number of halogens is 4. The van der Waals surface area contributed by atoms with Crippen molar-refractivity contribution in [2.24, 2.45) is 0 Å². The van der Waals surface area contributed by atoms with Gasteiger partial charge in [0.1, 0.15) is 11.5 Å². The summed E-state index contributed by atoms with van der Waals surface area (Å²) in [6, 6.07) is 16.7. The topological polar surface area (TPSA) is 18.5 Å². The largest absolute Gasteiger partial charge is 0.429 e. The van der Waals surface area contributed by atoms with Crippen LogP contribution in [0.5, 0.6) is 11.5 Å². The number of benzene rings is 3. The molecule has 0 saturated carbocycles. The Morgan fingerprint density at radius 2 is 0.853 bits per heavy atom. The van der Waals surface area contributed by atoms with Crippen molar-refractivity contribution in [2.45, 2.75) is 64.6 Å². The SMILES string of the molecule is CCCCc1ccc(OC(F)(F)c2ccc(C(F)(F)Oc3ccc(CCCC)cc3)cc2)cc1. The van der Waals surface area contributed by atoms with Gasteiger partial charge in [-0.05, 0) is 85.3 Å². The maximum atomic E-state index is 14.6. The first-order chi connectivity index (χ1) is 16.2. The van der Waals surface area contributed by atoms with Gasteiger partial charge in [-0.25, -0.2) is 0 Å². The van der Waals surface area contributed by atoms with Gasteiger partial charge in [-0.15, -0.1) is 0 Å². The zero-order chi connectivity index (χ0) is 24.6. The summed E-state index contributed by atoms with van der Waals surface area (Å²) < 4.78 is 68.1. The number of aryl methyl sites for hydroxylation is 2. The summed E-state index contributed by atoms with van der Waals surface area (Å²) in [6.45, 7) is 4.16. The number of unbranched alkanes of at least 4 members (excludes halogenated alkanes) is 2. The molecular formula is C28H30F4O2. The summed E-state index contributed by atoms with van der Waals surface area (Å²) in [7, 11) is 0. The number of rotatable bonds is 12. The fraction of sp³-hybridized carbons (Fsp3) is 0.357. The summed E-state index contributed by atoms with van der Waals surface area (Å²) in [6.07, 6.45) is -1.49. The first-order valence-electron chi connectivity index (χ1n) is 11.7. The van der Waals surface area contributed by atoms with E-state index >= 15 is 0 Å². The molecule has 6 heteroatoms. The third-order valence-corrected chi connectivity index (χ3v) is 5.53. The highest BCUT2D eigenvalue weighted by molar-refractivity contribution is 5.32. The molecule has 0 fully saturated rings. The van der Waals surface area contributed by atoms with Crippen LogP contribution in [0.2, 0.25) is 0 Å². The van der Waals surface area contributed by atoms with E-state index in [-0.39, 0.29) is 11.5 Å². The van der Waals surface area contributed by atoms with Crippen molar-refractivity contribution in [2.75, 3.05) is 0 Å². The van der Waals surface area contributed by atoms with Crippen LogP contribution in [0.15, 0.2) is 72.8 Å². The molecule has 2 nitrogen and oxygen atoms in total. The Morgan fingerprint density at radius 3 is 1.15 bits per heavy atom. The maximum absolute atomic E-state index is 14.6. The van der Waals surface area contributed by atoms with Gasteiger partial charge in [0.05, 0.1) is 11.1 Å². The highest BCUT2D eigenvalue weighted by Gasteiger charge is 2.38. The van der Waals surface area contributed by atoms with Gasteiger partial charge in [0.15, 0.2) is 0 Å². The van der Waals surface area contributed by atoms with Crippen LogP contribution in [0.4, 0.5) is 17.6 Å². The van der Waals surface area contributed by atoms with Gasteiger partial charge in [-0.1, -0.05) is 51.0 Å². The molecule has 3 aromatic rings. The van der Waals surface area contributed by atoms with Crippen molar-refractivity contribution in [3.05, 3.63) is 95.1 Å². The highest BCUT2D eigenvalue weighted by atomic mass is 19.3. The molecule has 3 rings (SSSR count). The Bertz CT molecular complexity index is 929. The van der Waals surface area contributed by atoms with Crippen molar-refractivity contribution in [3.63, 3.8) is 0 Å². The van der Waals surface area contributed by atoms with Crippen LogP contribution in [-0.4, -0.2) is 0 Å². The van der Waals surface area contributed by atoms with E-state index in [2.05, 4.69) is 13.8 Å². The van der Waals surface area contributed by atoms with E-state index in [9.17, 15) is 17.6 Å². The fourth-order valence-electron chi connectivity index (χ4n) is 3.48. The minimum absolute atomic E-state index is 0.00497. The summed E-state index contributed by atoms with van der Waals surface area (Å²) in [5, 5.41) is 0. The molecular weight excluding hydrogens is 444 g/mol. The summed E-state index contributed by atoms with van der Waals surface area (Å²) >= 11 is 0. The van der Waals surface area contributed by atoms with Crippen molar-refractivity contribution < 1.29 is 27.0 Å². The van der Waals surface area contributed by atoms with Crippen LogP contribution in [0.1, 0.15) is 61.8 Å². The lowest BCUT2D eigenvalue weighted by atomic mass is 10.1. The third-order valence-electron chi connectivity index (χ3n) is 5.53. The number of hydrogen-bond donors (Lipinski definition) is 0. The molecule has 0 amide bonds. The molecule has 0 saturated heterocycles. The highest BCUT2D eigenvalue weighted by Crippen LogP contribution is 2.35. The second kappa shape index (κ2) is 11.4. The molecule has 0 atom stereocenters. The molecule has 0 N–H and O–H groups in total. The van der Waals surface area contributed by atoms with E-state index in [1.165, 1.54) is 24.3 Å². The first kappa shape index (κ1) is 25.6. The van der Waals surface area contributed by atoms with Crippen molar-refractivity contribution in [1.82, 2.24) is 0 Å². The summed E-state index contributed by atoms with van der Waals surface area (Å²) in [4.78, 5) is 0. The Kier molecular flexibility index (Phi) is 8.59. The number of alkyl halides is 4. The minimum Gasteiger partial charge on any atom is -0.429 e. The molecule has 0 unspecified atom stereocenters. The molecule has 3 aromatic carbocycles. The lowest BCUT2D eigenvalue weighted by Gasteiger charge is -2.21. The molecule has 0 bridgehead atoms. The van der Waals surface area contributed by atoms with Crippen LogP contribution in [0.25, 0.3) is 0 Å². The third kappa shape index (κ3) is 6.99. The van der Waals surface area contributed by atoms with E-state index in [1.807, 2.05) is 0 Å². The van der Waals surface area contributed by atoms with Gasteiger partial charge in [0.25, 0.3) is 0 Å². The monoisotopic (exact) mass is 474 g/mol. The molecule has 0 spiro atoms. The van der Waals surface area contributed by atoms with E-state index in [1.54, 1.807) is 24.3 Å². The standard InChI is InChI=1S/C28H30F4O2/c1-3-5-7-21-9-17-25(18-10-21)33-27(29,30)23-13-15-24(16-14-23)28(31,32)34-26-19-11-22(12-20-26)8-6-4-2/h9-20H,3-8H2,1-2H3. The normalized spacial score (nSPS) is 11.9. The van der Waals surface area contributed by atoms with E-state index in [4.69, 9.17) is 9.47 Å². The molecule has 0 heterocycles. The summed E-state index contributed by atoms with van der Waals surface area (Å²) in [5.41, 5.74) is 1.03. The van der Waals surface area contributed by atoms with Gasteiger partial charge >= 0.3 is 12.2 Å². The van der Waals surface area contributed by atoms with Gasteiger partial charge in [-0.3, -0.25) is 0 Å². The fourth-order valence-corrected chi connectivity index (χ4v) is 3.48. The number of hydrogen-bond acceptors (Lipinski definition) is 2. The zero-order valence-corrected chi connectivity index (χ0v) is 19.5. The van der Waals surface area contributed by atoms with Gasteiger partial charge in [0.2, 0.25) is 0 Å². The van der Waals surface area contributed by atoms with Crippen LogP contribution in [0.3, 0.4) is 0 Å². The van der Waals surface area contributed by atoms with E-state index in [0.717, 1.165) is 73.9 Å². The Balaban J connectivity index is 1.65. The molecule has 0 aliphatic heterocycles. The van der Waals surface area contributed by atoms with Crippen molar-refractivity contribution in [3.8, 4) is 11.5 Å². The second-order valence-electron chi connectivity index (χ2n) is 8.31. The minimum atomic E-state index is -3.67. The van der Waals surface area contributed by atoms with E-state index in [0.29, 0.717) is 0 Å². The van der Waals surface area contributed by atoms with Gasteiger partial charge < -0.3 is 9.47 Å². The van der Waals surface area contributed by atoms with Crippen molar-refractivity contribution >= 4 is 0 Å². The smallest absolute Gasteiger partial charge is 0.426 e. The molecule has 0 aromatic heterocycles.